The van der Waals surface area contributed by atoms with E-state index in [0.717, 1.165) is 0 Å². The average molecular weight is 881 g/mol. The Hall–Kier alpha value is -5.49. The first kappa shape index (κ1) is 54.5. The number of nitrogens with two attached hydrogens (primary N) is 2. The maximum Gasteiger partial charge on any atom is 0.490 e. The molecule has 0 fully saturated rings. The minimum Gasteiger partial charge on any atom is -0.481 e. The van der Waals surface area contributed by atoms with E-state index in [-0.39, 0.29) is 18.8 Å². The van der Waals surface area contributed by atoms with E-state index in [1.807, 2.05) is 20.1 Å². The Balaban J connectivity index is 0.00000453. The van der Waals surface area contributed by atoms with Gasteiger partial charge in [-0.3, -0.25) is 38.4 Å². The van der Waals surface area contributed by atoms with Crippen molar-refractivity contribution < 1.29 is 71.6 Å². The number of carbonyl (C=O) groups excluding carboxylic acids is 7. The van der Waals surface area contributed by atoms with E-state index in [1.165, 1.54) is 11.8 Å². The van der Waals surface area contributed by atoms with Gasteiger partial charge in [0.25, 0.3) is 0 Å². The van der Waals surface area contributed by atoms with Crippen LogP contribution in [0.4, 0.5) is 13.2 Å². The molecule has 0 aliphatic carbocycles. The number of hydrogen-bond donors (Lipinski definition) is 11. The minimum atomic E-state index is -5.08. The predicted octanol–water partition coefficient (Wildman–Crippen LogP) is -1.86. The molecule has 0 saturated carbocycles. The molecule has 0 bridgehead atoms. The highest BCUT2D eigenvalue weighted by molar-refractivity contribution is 7.98. The molecule has 6 atom stereocenters. The summed E-state index contributed by atoms with van der Waals surface area (Å²) >= 11 is 1.48. The summed E-state index contributed by atoms with van der Waals surface area (Å²) in [6.07, 6.45) is -3.50. The number of halogens is 3. The normalized spacial score (nSPS) is 14.1. The molecular weight excluding hydrogens is 826 g/mol. The summed E-state index contributed by atoms with van der Waals surface area (Å²) in [5.74, 6) is -9.62. The van der Waals surface area contributed by atoms with Crippen molar-refractivity contribution in [3.8, 4) is 0 Å². The molecule has 0 aliphatic rings. The second-order valence-electron chi connectivity index (χ2n) is 13.9. The summed E-state index contributed by atoms with van der Waals surface area (Å²) in [5.41, 5.74) is 11.6. The lowest BCUT2D eigenvalue weighted by Gasteiger charge is -2.27. The number of aliphatic hydroxyl groups excluding tert-OH is 1. The van der Waals surface area contributed by atoms with Crippen LogP contribution in [0, 0.1) is 11.8 Å². The highest BCUT2D eigenvalue weighted by Gasteiger charge is 2.38. The molecule has 24 heteroatoms. The number of aliphatic carboxylic acids is 2. The molecule has 60 heavy (non-hydrogen) atoms. The van der Waals surface area contributed by atoms with Gasteiger partial charge in [0.1, 0.15) is 30.2 Å². The summed E-state index contributed by atoms with van der Waals surface area (Å²) in [6.45, 7) is 5.51. The van der Waals surface area contributed by atoms with Crippen LogP contribution in [0.3, 0.4) is 0 Å². The van der Waals surface area contributed by atoms with Crippen LogP contribution in [-0.4, -0.2) is 136 Å². The third-order valence-electron chi connectivity index (χ3n) is 8.00. The first-order chi connectivity index (χ1) is 27.8. The minimum absolute atomic E-state index is 0.0258. The van der Waals surface area contributed by atoms with Crippen molar-refractivity contribution in [2.75, 3.05) is 25.2 Å². The average Bonchev–Trinajstić information content (AvgIpc) is 3.15. The van der Waals surface area contributed by atoms with Crippen molar-refractivity contribution in [3.63, 3.8) is 0 Å². The fourth-order valence-electron chi connectivity index (χ4n) is 4.89. The molecule has 0 radical (unpaired) electrons. The van der Waals surface area contributed by atoms with E-state index >= 15 is 0 Å². The van der Waals surface area contributed by atoms with Gasteiger partial charge in [-0.25, -0.2) is 4.79 Å². The number of carboxylic acids is 2. The van der Waals surface area contributed by atoms with Gasteiger partial charge in [-0.2, -0.15) is 24.9 Å². The fourth-order valence-corrected chi connectivity index (χ4v) is 5.36. The van der Waals surface area contributed by atoms with Gasteiger partial charge < -0.3 is 58.7 Å². The molecule has 13 N–H and O–H groups in total. The van der Waals surface area contributed by atoms with Gasteiger partial charge in [0.15, 0.2) is 0 Å². The Morgan fingerprint density at radius 3 is 1.73 bits per heavy atom. The van der Waals surface area contributed by atoms with Crippen LogP contribution in [0.2, 0.25) is 0 Å². The molecule has 1 aromatic carbocycles. The number of rotatable bonds is 24. The number of alkyl halides is 3. The lowest BCUT2D eigenvalue weighted by atomic mass is 10.0. The summed E-state index contributed by atoms with van der Waals surface area (Å²) in [5, 5.41) is 40.7. The summed E-state index contributed by atoms with van der Waals surface area (Å²) in [4.78, 5) is 110. The number of hydrogen-bond acceptors (Lipinski definition) is 12. The van der Waals surface area contributed by atoms with E-state index in [4.69, 9.17) is 26.5 Å². The third-order valence-corrected chi connectivity index (χ3v) is 8.65. The standard InChI is InChI=1S/C34H54N8O10S.C2HF3O2/c1-18(2)13-23(31(49)39-22(29(36)47)11-12-53-5)38-26(44)16-37-34(52)28(19(3)4)42-32(50)24(14-20-9-7-6-8-10-20)40-33(51)25(17-43)41-30(48)21(35)15-27(45)46;3-2(4,5)1(6)7/h6-10,18-19,21-25,28,43H,11-17,35H2,1-5H3,(H2,36,47)(H,37,52)(H,38,44)(H,39,49)(H,40,51)(H,41,48)(H,42,50)(H,45,46);(H,6,7)/t21-,22-,23-,24-,25-,28-;/m0./s1. The maximum absolute atomic E-state index is 13.6. The van der Waals surface area contributed by atoms with Crippen molar-refractivity contribution in [1.29, 1.82) is 0 Å². The van der Waals surface area contributed by atoms with Crippen molar-refractivity contribution in [2.45, 2.75) is 95.8 Å². The SMILES string of the molecule is CSCC[C@H](NC(=O)[C@H](CC(C)C)NC(=O)CNC(=O)[C@@H](NC(=O)[C@H](Cc1ccccc1)NC(=O)[C@H](CO)NC(=O)[C@@H](N)CC(=O)O)C(C)C)C(N)=O.O=C(O)C(F)(F)F. The van der Waals surface area contributed by atoms with Crippen LogP contribution >= 0.6 is 11.8 Å². The van der Waals surface area contributed by atoms with Gasteiger partial charge in [-0.05, 0) is 42.2 Å². The summed E-state index contributed by atoms with van der Waals surface area (Å²) < 4.78 is 31.7. The monoisotopic (exact) mass is 880 g/mol. The predicted molar refractivity (Wildman–Crippen MR) is 210 cm³/mol. The molecule has 1 rings (SSSR count). The van der Waals surface area contributed by atoms with Gasteiger partial charge in [-0.1, -0.05) is 58.0 Å². The van der Waals surface area contributed by atoms with Gasteiger partial charge in [0, 0.05) is 6.42 Å². The van der Waals surface area contributed by atoms with E-state index in [9.17, 15) is 56.6 Å². The molecule has 0 saturated heterocycles. The number of carboxylic acid groups (broad SMARTS) is 2. The van der Waals surface area contributed by atoms with E-state index in [0.29, 0.717) is 17.7 Å². The first-order valence-electron chi connectivity index (χ1n) is 18.3. The Morgan fingerprint density at radius 2 is 1.27 bits per heavy atom. The molecule has 338 valence electrons. The van der Waals surface area contributed by atoms with E-state index < -0.39 is 121 Å². The van der Waals surface area contributed by atoms with Crippen molar-refractivity contribution in [3.05, 3.63) is 35.9 Å². The Bertz CT molecular complexity index is 1620. The van der Waals surface area contributed by atoms with Crippen LogP contribution in [0.25, 0.3) is 0 Å². The molecule has 0 aliphatic heterocycles. The zero-order valence-corrected chi connectivity index (χ0v) is 34.5. The molecule has 20 nitrogen and oxygen atoms in total. The van der Waals surface area contributed by atoms with Gasteiger partial charge in [-0.15, -0.1) is 0 Å². The molecule has 1 aromatic rings. The van der Waals surface area contributed by atoms with Crippen molar-refractivity contribution in [2.24, 2.45) is 23.3 Å². The third kappa shape index (κ3) is 22.0. The molecule has 0 aromatic heterocycles. The number of primary amides is 1. The topological polar surface area (TPSA) is 339 Å². The van der Waals surface area contributed by atoms with Crippen LogP contribution < -0.4 is 43.4 Å². The molecule has 0 spiro atoms. The lowest BCUT2D eigenvalue weighted by molar-refractivity contribution is -0.192. The zero-order valence-electron chi connectivity index (χ0n) is 33.7. The molecule has 7 amide bonds. The first-order valence-corrected chi connectivity index (χ1v) is 19.7. The lowest BCUT2D eigenvalue weighted by Crippen LogP contribution is -2.60. The number of nitrogens with one attached hydrogen (secondary N) is 6. The highest BCUT2D eigenvalue weighted by Crippen LogP contribution is 2.13. The largest absolute Gasteiger partial charge is 0.490 e. The maximum atomic E-state index is 13.6. The Kier molecular flexibility index (Phi) is 24.8. The van der Waals surface area contributed by atoms with Crippen LogP contribution in [0.15, 0.2) is 30.3 Å². The number of benzene rings is 1. The number of amides is 7. The fraction of sp³-hybridized carbons (Fsp3) is 0.583. The van der Waals surface area contributed by atoms with E-state index in [2.05, 4.69) is 31.9 Å². The Morgan fingerprint density at radius 1 is 0.750 bits per heavy atom. The van der Waals surface area contributed by atoms with Gasteiger partial charge in [0.05, 0.1) is 25.6 Å². The number of thioether (sulfide) groups is 1. The van der Waals surface area contributed by atoms with Crippen molar-refractivity contribution >= 4 is 65.1 Å². The molecule has 0 heterocycles. The van der Waals surface area contributed by atoms with Crippen LogP contribution in [-0.2, 0) is 49.6 Å². The highest BCUT2D eigenvalue weighted by atomic mass is 32.2. The smallest absolute Gasteiger partial charge is 0.481 e. The Labute approximate surface area is 348 Å². The molecular formula is C36H55F3N8O12S. The zero-order chi connectivity index (χ0) is 46.3. The van der Waals surface area contributed by atoms with Gasteiger partial charge in [0.2, 0.25) is 41.4 Å². The number of carbonyl (C=O) groups is 9. The summed E-state index contributed by atoms with van der Waals surface area (Å²) in [7, 11) is 0. The number of aliphatic hydroxyl groups is 1. The second kappa shape index (κ2) is 27.3. The van der Waals surface area contributed by atoms with Crippen molar-refractivity contribution in [1.82, 2.24) is 31.9 Å². The van der Waals surface area contributed by atoms with Gasteiger partial charge >= 0.3 is 18.1 Å². The summed E-state index contributed by atoms with van der Waals surface area (Å²) in [6, 6.07) is 0.971. The molecule has 0 unspecified atom stereocenters. The van der Waals surface area contributed by atoms with Crippen LogP contribution in [0.5, 0.6) is 0 Å². The second-order valence-corrected chi connectivity index (χ2v) is 14.9. The quantitative estimate of drug-likeness (QED) is 0.0543. The van der Waals surface area contributed by atoms with Crippen LogP contribution in [0.1, 0.15) is 52.5 Å². The van der Waals surface area contributed by atoms with E-state index in [1.54, 1.807) is 44.2 Å².